The first-order valence-electron chi connectivity index (χ1n) is 4.97. The Morgan fingerprint density at radius 1 is 1.35 bits per heavy atom. The summed E-state index contributed by atoms with van der Waals surface area (Å²) in [6, 6.07) is 0.925. The zero-order valence-corrected chi connectivity index (χ0v) is 9.49. The van der Waals surface area contributed by atoms with E-state index in [1.165, 1.54) is 0 Å². The van der Waals surface area contributed by atoms with Crippen LogP contribution >= 0.6 is 0 Å². The summed E-state index contributed by atoms with van der Waals surface area (Å²) in [5.41, 5.74) is -0.736. The molecule has 0 atom stereocenters. The van der Waals surface area contributed by atoms with Crippen LogP contribution in [0.5, 0.6) is 0 Å². The van der Waals surface area contributed by atoms with Gasteiger partial charge in [0.05, 0.1) is 15.9 Å². The number of hydrogen-bond acceptors (Lipinski definition) is 6. The molecule has 1 heterocycles. The molecule has 17 heavy (non-hydrogen) atoms. The van der Waals surface area contributed by atoms with Crippen LogP contribution in [-0.4, -0.2) is 28.4 Å². The molecule has 0 fully saturated rings. The Kier molecular flexibility index (Phi) is 3.91. The molecule has 92 valence electrons. The van der Waals surface area contributed by atoms with Gasteiger partial charge in [0.2, 0.25) is 5.82 Å². The summed E-state index contributed by atoms with van der Waals surface area (Å²) >= 11 is 0. The highest BCUT2D eigenvalue weighted by molar-refractivity contribution is 5.60. The zero-order valence-electron chi connectivity index (χ0n) is 9.49. The second kappa shape index (κ2) is 5.19. The number of nitrogens with zero attached hydrogens (tertiary/aromatic N) is 4. The lowest BCUT2D eigenvalue weighted by Crippen LogP contribution is -2.20. The van der Waals surface area contributed by atoms with Gasteiger partial charge in [0, 0.05) is 13.6 Å². The highest BCUT2D eigenvalue weighted by Gasteiger charge is 2.23. The van der Waals surface area contributed by atoms with Crippen LogP contribution in [0.25, 0.3) is 0 Å². The van der Waals surface area contributed by atoms with Crippen molar-refractivity contribution < 1.29 is 9.85 Å². The first-order chi connectivity index (χ1) is 7.97. The van der Waals surface area contributed by atoms with Crippen LogP contribution in [0, 0.1) is 20.2 Å². The fourth-order valence-corrected chi connectivity index (χ4v) is 1.40. The first kappa shape index (κ1) is 12.8. The number of pyridine rings is 1. The largest absolute Gasteiger partial charge is 0.354 e. The molecule has 0 spiro atoms. The third-order valence-electron chi connectivity index (χ3n) is 2.16. The molecule has 0 aromatic carbocycles. The number of nitro groups is 2. The van der Waals surface area contributed by atoms with E-state index in [0.717, 1.165) is 18.7 Å². The van der Waals surface area contributed by atoms with E-state index in [2.05, 4.69) is 4.98 Å². The molecule has 0 saturated heterocycles. The van der Waals surface area contributed by atoms with Crippen molar-refractivity contribution in [2.24, 2.45) is 0 Å². The summed E-state index contributed by atoms with van der Waals surface area (Å²) in [5, 5.41) is 21.3. The minimum absolute atomic E-state index is 0.141. The van der Waals surface area contributed by atoms with E-state index < -0.39 is 9.85 Å². The number of hydrogen-bond donors (Lipinski definition) is 0. The van der Waals surface area contributed by atoms with Crippen molar-refractivity contribution in [3.63, 3.8) is 0 Å². The van der Waals surface area contributed by atoms with E-state index in [9.17, 15) is 20.2 Å². The fourth-order valence-electron chi connectivity index (χ4n) is 1.40. The van der Waals surface area contributed by atoms with Gasteiger partial charge in [-0.15, -0.1) is 0 Å². The van der Waals surface area contributed by atoms with Crippen molar-refractivity contribution in [3.8, 4) is 0 Å². The minimum atomic E-state index is -0.705. The van der Waals surface area contributed by atoms with Crippen LogP contribution in [0.2, 0.25) is 0 Å². The Balaban J connectivity index is 3.22. The quantitative estimate of drug-likeness (QED) is 0.573. The normalized spacial score (nSPS) is 10.0. The van der Waals surface area contributed by atoms with Gasteiger partial charge in [-0.2, -0.15) is 0 Å². The Bertz CT molecular complexity index is 449. The minimum Gasteiger partial charge on any atom is -0.354 e. The van der Waals surface area contributed by atoms with Crippen molar-refractivity contribution in [3.05, 3.63) is 32.5 Å². The maximum absolute atomic E-state index is 10.8. The Morgan fingerprint density at radius 2 is 2.00 bits per heavy atom. The predicted molar refractivity (Wildman–Crippen MR) is 61.1 cm³/mol. The van der Waals surface area contributed by atoms with Gasteiger partial charge in [-0.3, -0.25) is 20.2 Å². The highest BCUT2D eigenvalue weighted by atomic mass is 16.6. The monoisotopic (exact) mass is 240 g/mol. The fraction of sp³-hybridized carbons (Fsp3) is 0.444. The van der Waals surface area contributed by atoms with Gasteiger partial charge in [0.15, 0.2) is 0 Å². The summed E-state index contributed by atoms with van der Waals surface area (Å²) in [4.78, 5) is 25.3. The van der Waals surface area contributed by atoms with Gasteiger partial charge in [0.25, 0.3) is 5.69 Å². The molecule has 1 aromatic heterocycles. The molecule has 1 rings (SSSR count). The SMILES string of the molecule is CCCN(C)c1ncc([N+](=O)[O-])cc1[N+](=O)[O-]. The molecule has 0 saturated carbocycles. The smallest absolute Gasteiger partial charge is 0.318 e. The third kappa shape index (κ3) is 2.86. The Morgan fingerprint density at radius 3 is 2.47 bits per heavy atom. The van der Waals surface area contributed by atoms with E-state index in [0.29, 0.717) is 6.54 Å². The molecular weight excluding hydrogens is 228 g/mol. The summed E-state index contributed by atoms with van der Waals surface area (Å²) in [6.07, 6.45) is 1.82. The van der Waals surface area contributed by atoms with E-state index >= 15 is 0 Å². The van der Waals surface area contributed by atoms with Gasteiger partial charge >= 0.3 is 5.69 Å². The molecule has 0 N–H and O–H groups in total. The van der Waals surface area contributed by atoms with Crippen molar-refractivity contribution in [2.75, 3.05) is 18.5 Å². The molecule has 0 bridgehead atoms. The number of rotatable bonds is 5. The molecule has 0 aliphatic rings. The first-order valence-corrected chi connectivity index (χ1v) is 4.97. The van der Waals surface area contributed by atoms with Crippen molar-refractivity contribution >= 4 is 17.2 Å². The molecule has 0 aliphatic heterocycles. The van der Waals surface area contributed by atoms with Crippen molar-refractivity contribution in [1.29, 1.82) is 0 Å². The lowest BCUT2D eigenvalue weighted by Gasteiger charge is -2.16. The van der Waals surface area contributed by atoms with E-state index in [4.69, 9.17) is 0 Å². The van der Waals surface area contributed by atoms with Gasteiger partial charge < -0.3 is 4.90 Å². The summed E-state index contributed by atoms with van der Waals surface area (Å²) in [5.74, 6) is 0.141. The molecule has 8 nitrogen and oxygen atoms in total. The zero-order chi connectivity index (χ0) is 13.0. The molecular formula is C9H12N4O4. The lowest BCUT2D eigenvalue weighted by atomic mass is 10.3. The van der Waals surface area contributed by atoms with Gasteiger partial charge in [-0.1, -0.05) is 6.92 Å². The van der Waals surface area contributed by atoms with Crippen LogP contribution in [-0.2, 0) is 0 Å². The van der Waals surface area contributed by atoms with Gasteiger partial charge in [-0.05, 0) is 6.42 Å². The lowest BCUT2D eigenvalue weighted by molar-refractivity contribution is -0.394. The van der Waals surface area contributed by atoms with Crippen LogP contribution in [0.15, 0.2) is 12.3 Å². The van der Waals surface area contributed by atoms with Crippen molar-refractivity contribution in [1.82, 2.24) is 4.98 Å². The van der Waals surface area contributed by atoms with Crippen LogP contribution in [0.3, 0.4) is 0 Å². The van der Waals surface area contributed by atoms with Crippen molar-refractivity contribution in [2.45, 2.75) is 13.3 Å². The second-order valence-corrected chi connectivity index (χ2v) is 3.47. The molecule has 8 heteroatoms. The molecule has 0 unspecified atom stereocenters. The Hall–Kier alpha value is -2.25. The summed E-state index contributed by atoms with van der Waals surface area (Å²) in [6.45, 7) is 2.51. The standard InChI is InChI=1S/C9H12N4O4/c1-3-4-11(2)9-8(13(16)17)5-7(6-10-9)12(14)15/h5-6H,3-4H2,1-2H3. The van der Waals surface area contributed by atoms with Crippen LogP contribution in [0.4, 0.5) is 17.2 Å². The topological polar surface area (TPSA) is 102 Å². The van der Waals surface area contributed by atoms with Crippen LogP contribution in [0.1, 0.15) is 13.3 Å². The average Bonchev–Trinajstić information content (AvgIpc) is 2.28. The molecule has 0 radical (unpaired) electrons. The van der Waals surface area contributed by atoms with E-state index in [-0.39, 0.29) is 17.2 Å². The average molecular weight is 240 g/mol. The van der Waals surface area contributed by atoms with Gasteiger partial charge in [0.1, 0.15) is 6.20 Å². The summed E-state index contributed by atoms with van der Waals surface area (Å²) in [7, 11) is 1.66. The predicted octanol–water partition coefficient (Wildman–Crippen LogP) is 1.74. The number of anilines is 1. The highest BCUT2D eigenvalue weighted by Crippen LogP contribution is 2.28. The molecule has 0 aliphatic carbocycles. The van der Waals surface area contributed by atoms with E-state index in [1.54, 1.807) is 11.9 Å². The number of aromatic nitrogens is 1. The molecule has 1 aromatic rings. The maximum atomic E-state index is 10.8. The maximum Gasteiger partial charge on any atom is 0.318 e. The van der Waals surface area contributed by atoms with Crippen LogP contribution < -0.4 is 4.90 Å². The van der Waals surface area contributed by atoms with Gasteiger partial charge in [-0.25, -0.2) is 4.98 Å². The second-order valence-electron chi connectivity index (χ2n) is 3.47. The Labute approximate surface area is 97.2 Å². The third-order valence-corrected chi connectivity index (χ3v) is 2.16. The van der Waals surface area contributed by atoms with E-state index in [1.807, 2.05) is 6.92 Å². The molecule has 0 amide bonds. The summed E-state index contributed by atoms with van der Waals surface area (Å²) < 4.78 is 0.